The summed E-state index contributed by atoms with van der Waals surface area (Å²) in [6.07, 6.45) is 4.21. The Hall–Kier alpha value is -4.37. The first kappa shape index (κ1) is 29.1. The molecule has 13 nitrogen and oxygen atoms in total. The highest BCUT2D eigenvalue weighted by molar-refractivity contribution is 7.14. The minimum Gasteiger partial charge on any atom is -0.493 e. The lowest BCUT2D eigenvalue weighted by Crippen LogP contribution is -2.35. The van der Waals surface area contributed by atoms with Gasteiger partial charge < -0.3 is 24.4 Å². The quantitative estimate of drug-likeness (QED) is 0.239. The molecule has 1 atom stereocenters. The fraction of sp³-hybridized carbons (Fsp3) is 0.370. The van der Waals surface area contributed by atoms with Gasteiger partial charge in [-0.1, -0.05) is 0 Å². The Kier molecular flexibility index (Phi) is 9.07. The van der Waals surface area contributed by atoms with Gasteiger partial charge in [-0.15, -0.1) is 22.7 Å². The zero-order valence-corrected chi connectivity index (χ0v) is 24.5. The van der Waals surface area contributed by atoms with Crippen molar-refractivity contribution in [1.82, 2.24) is 14.9 Å². The van der Waals surface area contributed by atoms with Crippen LogP contribution in [0.15, 0.2) is 27.9 Å². The molecule has 2 N–H and O–H groups in total. The number of hydrogen-bond donors (Lipinski definition) is 2. The van der Waals surface area contributed by atoms with Crippen molar-refractivity contribution in [2.24, 2.45) is 4.99 Å². The number of nitrogens with zero attached hydrogens (tertiary/aromatic N) is 4. The smallest absolute Gasteiger partial charge is 0.357 e. The fourth-order valence-electron chi connectivity index (χ4n) is 4.44. The maximum Gasteiger partial charge on any atom is 0.357 e. The van der Waals surface area contributed by atoms with Crippen molar-refractivity contribution < 1.29 is 33.4 Å². The summed E-state index contributed by atoms with van der Waals surface area (Å²) in [6.45, 7) is 2.84. The van der Waals surface area contributed by atoms with Crippen LogP contribution in [0.4, 0.5) is 16.0 Å². The second-order valence-electron chi connectivity index (χ2n) is 9.26. The number of rotatable bonds is 11. The molecule has 1 fully saturated rings. The molecule has 0 bridgehead atoms. The maximum atomic E-state index is 13.0. The predicted molar refractivity (Wildman–Crippen MR) is 157 cm³/mol. The predicted octanol–water partition coefficient (Wildman–Crippen LogP) is 4.16. The number of carbonyl (C=O) groups is 4. The molecule has 0 spiro atoms. The number of nitrogens with one attached hydrogen (secondary N) is 2. The van der Waals surface area contributed by atoms with Crippen LogP contribution in [-0.2, 0) is 9.53 Å². The number of anilines is 2. The van der Waals surface area contributed by atoms with Gasteiger partial charge in [-0.25, -0.2) is 14.8 Å². The Morgan fingerprint density at radius 1 is 1.07 bits per heavy atom. The van der Waals surface area contributed by atoms with Crippen LogP contribution in [0.2, 0.25) is 0 Å². The zero-order valence-electron chi connectivity index (χ0n) is 22.9. The molecule has 4 heterocycles. The second kappa shape index (κ2) is 13.1. The van der Waals surface area contributed by atoms with Crippen LogP contribution < -0.4 is 20.1 Å². The van der Waals surface area contributed by atoms with E-state index in [0.29, 0.717) is 35.7 Å². The van der Waals surface area contributed by atoms with Gasteiger partial charge in [0.1, 0.15) is 5.69 Å². The van der Waals surface area contributed by atoms with Crippen molar-refractivity contribution in [3.05, 3.63) is 39.8 Å². The molecule has 0 aliphatic carbocycles. The van der Waals surface area contributed by atoms with Gasteiger partial charge in [-0.2, -0.15) is 0 Å². The Bertz CT molecular complexity index is 1530. The molecule has 0 radical (unpaired) electrons. The Balaban J connectivity index is 1.10. The van der Waals surface area contributed by atoms with Gasteiger partial charge in [0.2, 0.25) is 5.91 Å². The van der Waals surface area contributed by atoms with Crippen molar-refractivity contribution in [3.8, 4) is 11.5 Å². The number of aromatic nitrogens is 2. The number of benzene rings is 1. The van der Waals surface area contributed by atoms with E-state index in [-0.39, 0.29) is 59.1 Å². The molecule has 2 aliphatic heterocycles. The van der Waals surface area contributed by atoms with Gasteiger partial charge >= 0.3 is 5.97 Å². The first-order valence-corrected chi connectivity index (χ1v) is 15.0. The van der Waals surface area contributed by atoms with E-state index < -0.39 is 11.9 Å². The highest BCUT2D eigenvalue weighted by Gasteiger charge is 2.32. The van der Waals surface area contributed by atoms with Crippen LogP contribution in [0.5, 0.6) is 11.5 Å². The number of amides is 3. The zero-order chi connectivity index (χ0) is 29.6. The van der Waals surface area contributed by atoms with Crippen molar-refractivity contribution >= 4 is 68.5 Å². The van der Waals surface area contributed by atoms with E-state index in [9.17, 15) is 19.2 Å². The summed E-state index contributed by atoms with van der Waals surface area (Å²) in [5.74, 6) is -0.589. The monoisotopic (exact) mass is 612 g/mol. The van der Waals surface area contributed by atoms with Crippen LogP contribution >= 0.6 is 22.7 Å². The van der Waals surface area contributed by atoms with E-state index in [1.807, 2.05) is 11.1 Å². The summed E-state index contributed by atoms with van der Waals surface area (Å²) < 4.78 is 16.2. The number of fused-ring (bicyclic) bond motifs is 2. The lowest BCUT2D eigenvalue weighted by atomic mass is 10.1. The average Bonchev–Trinajstić information content (AvgIpc) is 3.74. The van der Waals surface area contributed by atoms with E-state index in [1.165, 1.54) is 17.9 Å². The molecule has 220 valence electrons. The largest absolute Gasteiger partial charge is 0.493 e. The van der Waals surface area contributed by atoms with E-state index in [0.717, 1.165) is 35.5 Å². The Morgan fingerprint density at radius 3 is 2.62 bits per heavy atom. The molecule has 1 aromatic carbocycles. The van der Waals surface area contributed by atoms with Gasteiger partial charge in [0.15, 0.2) is 27.5 Å². The third kappa shape index (κ3) is 6.57. The van der Waals surface area contributed by atoms with Crippen LogP contribution in [0, 0.1) is 0 Å². The normalized spacial score (nSPS) is 15.4. The summed E-state index contributed by atoms with van der Waals surface area (Å²) in [5.41, 5.74) is 1.21. The summed E-state index contributed by atoms with van der Waals surface area (Å²) in [6, 6.07) is 3.35. The SMILES string of the molecule is CCOC(=O)c1csc(NC(=O)c2csc(NC(=O)CCCOc3cc4c(cc3OC)C(=O)N3CCCC3C=N4)n2)n1. The first-order valence-electron chi connectivity index (χ1n) is 13.3. The molecular formula is C27H28N6O7S2. The summed E-state index contributed by atoms with van der Waals surface area (Å²) in [4.78, 5) is 64.3. The molecule has 2 aliphatic rings. The standard InChI is InChI=1S/C27H28N6O7S2/c1-3-39-25(37)19-14-42-27(30-19)32-23(35)18-13-41-26(29-18)31-22(34)7-5-9-40-21-11-17-16(10-20(21)38-2)24(36)33-8-4-6-15(33)12-28-17/h10-15H,3-9H2,1-2H3,(H,29,31,34)(H,30,32,35). The number of thiazole rings is 2. The summed E-state index contributed by atoms with van der Waals surface area (Å²) in [7, 11) is 1.51. The summed E-state index contributed by atoms with van der Waals surface area (Å²) >= 11 is 2.19. The van der Waals surface area contributed by atoms with Crippen LogP contribution in [0.3, 0.4) is 0 Å². The molecule has 2 aromatic heterocycles. The lowest BCUT2D eigenvalue weighted by molar-refractivity contribution is -0.116. The van der Waals surface area contributed by atoms with Crippen molar-refractivity contribution in [1.29, 1.82) is 0 Å². The third-order valence-electron chi connectivity index (χ3n) is 6.46. The lowest BCUT2D eigenvalue weighted by Gasteiger charge is -2.20. The highest BCUT2D eigenvalue weighted by atomic mass is 32.1. The Morgan fingerprint density at radius 2 is 1.83 bits per heavy atom. The number of hydrogen-bond acceptors (Lipinski definition) is 12. The van der Waals surface area contributed by atoms with Crippen LogP contribution in [-0.4, -0.2) is 77.7 Å². The van der Waals surface area contributed by atoms with Gasteiger partial charge in [0.25, 0.3) is 11.8 Å². The minimum atomic E-state index is -0.568. The molecule has 1 saturated heterocycles. The Labute approximate surface area is 248 Å². The number of aliphatic imine (C=N–C) groups is 1. The molecule has 3 aromatic rings. The maximum absolute atomic E-state index is 13.0. The molecule has 15 heteroatoms. The van der Waals surface area contributed by atoms with Gasteiger partial charge in [-0.05, 0) is 32.3 Å². The van der Waals surface area contributed by atoms with E-state index >= 15 is 0 Å². The van der Waals surface area contributed by atoms with Gasteiger partial charge in [0.05, 0.1) is 37.6 Å². The van der Waals surface area contributed by atoms with Crippen molar-refractivity contribution in [3.63, 3.8) is 0 Å². The first-order chi connectivity index (χ1) is 20.4. The molecule has 1 unspecified atom stereocenters. The second-order valence-corrected chi connectivity index (χ2v) is 11.0. The molecule has 5 rings (SSSR count). The summed E-state index contributed by atoms with van der Waals surface area (Å²) in [5, 5.41) is 8.76. The molecule has 3 amide bonds. The van der Waals surface area contributed by atoms with Gasteiger partial charge in [-0.3, -0.25) is 24.7 Å². The molecule has 42 heavy (non-hydrogen) atoms. The van der Waals surface area contributed by atoms with Crippen molar-refractivity contribution in [2.45, 2.75) is 38.6 Å². The number of carbonyl (C=O) groups excluding carboxylic acids is 4. The van der Waals surface area contributed by atoms with Gasteiger partial charge in [0, 0.05) is 36.0 Å². The molecule has 0 saturated carbocycles. The minimum absolute atomic E-state index is 0.00564. The van der Waals surface area contributed by atoms with E-state index in [1.54, 1.807) is 19.1 Å². The number of ether oxygens (including phenoxy) is 3. The topological polar surface area (TPSA) is 161 Å². The van der Waals surface area contributed by atoms with E-state index in [4.69, 9.17) is 14.2 Å². The highest BCUT2D eigenvalue weighted by Crippen LogP contribution is 2.38. The fourth-order valence-corrected chi connectivity index (χ4v) is 5.83. The molecular weight excluding hydrogens is 584 g/mol. The van der Waals surface area contributed by atoms with Crippen molar-refractivity contribution in [2.75, 3.05) is 37.5 Å². The van der Waals surface area contributed by atoms with Crippen LogP contribution in [0.1, 0.15) is 63.9 Å². The number of methoxy groups -OCH3 is 1. The average molecular weight is 613 g/mol. The van der Waals surface area contributed by atoms with Crippen LogP contribution in [0.25, 0.3) is 0 Å². The van der Waals surface area contributed by atoms with E-state index in [2.05, 4.69) is 25.6 Å². The number of esters is 1. The third-order valence-corrected chi connectivity index (χ3v) is 7.97.